The van der Waals surface area contributed by atoms with Gasteiger partial charge in [0.25, 0.3) is 0 Å². The molecule has 0 aromatic heterocycles. The molecule has 6 nitrogen and oxygen atoms in total. The van der Waals surface area contributed by atoms with E-state index >= 15 is 0 Å². The molecule has 0 bridgehead atoms. The summed E-state index contributed by atoms with van der Waals surface area (Å²) in [6, 6.07) is 0. The van der Waals surface area contributed by atoms with Gasteiger partial charge in [-0.1, -0.05) is 0 Å². The molecule has 2 heterocycles. The number of rotatable bonds is 21. The zero-order valence-electron chi connectivity index (χ0n) is 21.9. The van der Waals surface area contributed by atoms with Gasteiger partial charge in [-0.2, -0.15) is 0 Å². The molecule has 2 rings (SSSR count). The summed E-state index contributed by atoms with van der Waals surface area (Å²) in [6.07, 6.45) is 13.6. The Morgan fingerprint density at radius 1 is 0.711 bits per heavy atom. The Hall–Kier alpha value is 2.28. The van der Waals surface area contributed by atoms with Crippen molar-refractivity contribution in [3.63, 3.8) is 0 Å². The van der Waals surface area contributed by atoms with E-state index in [9.17, 15) is 14.4 Å². The van der Waals surface area contributed by atoms with E-state index in [2.05, 4.69) is 51.1 Å². The zero-order valence-corrected chi connectivity index (χ0v) is 33.7. The van der Waals surface area contributed by atoms with Crippen LogP contribution >= 0.6 is 51.1 Å². The van der Waals surface area contributed by atoms with Gasteiger partial charge < -0.3 is 0 Å². The van der Waals surface area contributed by atoms with Crippen molar-refractivity contribution in [3.05, 3.63) is 0 Å². The molecule has 0 saturated carbocycles. The second-order valence-electron chi connectivity index (χ2n) is 9.41. The van der Waals surface area contributed by atoms with Crippen LogP contribution in [0.4, 0.5) is 0 Å². The van der Waals surface area contributed by atoms with Crippen molar-refractivity contribution in [2.75, 3.05) is 17.3 Å². The van der Waals surface area contributed by atoms with Gasteiger partial charge in [-0.15, -0.1) is 0 Å². The van der Waals surface area contributed by atoms with Gasteiger partial charge in [0, 0.05) is 0 Å². The van der Waals surface area contributed by atoms with Crippen molar-refractivity contribution in [2.45, 2.75) is 112 Å². The predicted molar refractivity (Wildman–Crippen MR) is 175 cm³/mol. The van der Waals surface area contributed by atoms with Gasteiger partial charge in [-0.3, -0.25) is 0 Å². The number of hydrogen-bond acceptors (Lipinski definition) is 9. The number of carboxylic acid groups (broad SMARTS) is 3. The molecular weight excluding hydrogens is 995 g/mol. The maximum atomic E-state index is 11.0. The van der Waals surface area contributed by atoms with Crippen LogP contribution in [0.5, 0.6) is 0 Å². The molecule has 0 aliphatic carbocycles. The third-order valence-corrected chi connectivity index (χ3v) is 71.3. The second-order valence-corrected chi connectivity index (χ2v) is 65.3. The van der Waals surface area contributed by atoms with Crippen LogP contribution < -0.4 is 0 Å². The zero-order chi connectivity index (χ0) is 27.6. The Kier molecular flexibility index (Phi) is 21.8. The third-order valence-electron chi connectivity index (χ3n) is 6.12. The summed E-state index contributed by atoms with van der Waals surface area (Å²) in [5.74, 6) is 1.74. The van der Waals surface area contributed by atoms with Crippen molar-refractivity contribution in [1.29, 1.82) is 0 Å². The van der Waals surface area contributed by atoms with E-state index in [4.69, 9.17) is 15.3 Å². The molecule has 3 unspecified atom stereocenters. The normalized spacial score (nSPS) is 21.8. The van der Waals surface area contributed by atoms with E-state index in [1.165, 1.54) is 42.9 Å². The molecule has 38 heavy (non-hydrogen) atoms. The van der Waals surface area contributed by atoms with Gasteiger partial charge in [0.2, 0.25) is 0 Å². The molecule has 14 heteroatoms. The van der Waals surface area contributed by atoms with E-state index in [0.717, 1.165) is 61.9 Å². The first kappa shape index (κ1) is 36.5. The average molecular weight is 1040 g/mol. The molecule has 2 fully saturated rings. The van der Waals surface area contributed by atoms with Crippen molar-refractivity contribution in [3.8, 4) is 0 Å². The quantitative estimate of drug-likeness (QED) is 0.0779. The Morgan fingerprint density at radius 3 is 1.76 bits per heavy atom. The van der Waals surface area contributed by atoms with Gasteiger partial charge in [-0.25, -0.2) is 0 Å². The van der Waals surface area contributed by atoms with Gasteiger partial charge >= 0.3 is 263 Å². The summed E-state index contributed by atoms with van der Waals surface area (Å²) in [4.78, 5) is 32.5. The van der Waals surface area contributed by atoms with Crippen molar-refractivity contribution in [2.24, 2.45) is 0 Å². The Balaban J connectivity index is 1.74. The van der Waals surface area contributed by atoms with E-state index in [1.807, 2.05) is 0 Å². The summed E-state index contributed by atoms with van der Waals surface area (Å²) < 4.78 is 0. The van der Waals surface area contributed by atoms with Crippen LogP contribution in [-0.2, 0) is 14.4 Å². The first-order chi connectivity index (χ1) is 18.3. The molecule has 0 aromatic carbocycles. The molecule has 3 N–H and O–H groups in total. The summed E-state index contributed by atoms with van der Waals surface area (Å²) in [6.45, 7) is 0. The summed E-state index contributed by atoms with van der Waals surface area (Å²) >= 11 is -3.38. The molecule has 0 amide bonds. The van der Waals surface area contributed by atoms with Gasteiger partial charge in [-0.05, 0) is 0 Å². The van der Waals surface area contributed by atoms with Gasteiger partial charge in [0.1, 0.15) is 0 Å². The van der Waals surface area contributed by atoms with Crippen LogP contribution in [0, 0.1) is 0 Å². The molecule has 2 aliphatic heterocycles. The van der Waals surface area contributed by atoms with Crippen LogP contribution in [-0.4, -0.2) is 101 Å². The molecule has 220 valence electrons. The SMILES string of the molecule is O=C(O)CCCCC1CC[S][Bi]([S]CCC(CCCCC(=O)O)[S][Bi]2[S]CCC(CCCCC(=O)O)[S]2)[S]1. The minimum absolute atomic E-state index is 0.277. The molecular formula is C24H42Bi2O6S6. The van der Waals surface area contributed by atoms with E-state index in [-0.39, 0.29) is 12.8 Å². The molecule has 2 saturated heterocycles. The van der Waals surface area contributed by atoms with E-state index in [1.54, 1.807) is 0 Å². The first-order valence-corrected chi connectivity index (χ1v) is 44.4. The molecule has 0 spiro atoms. The predicted octanol–water partition coefficient (Wildman–Crippen LogP) is 7.59. The topological polar surface area (TPSA) is 112 Å². The Labute approximate surface area is 259 Å². The van der Waals surface area contributed by atoms with Crippen LogP contribution in [0.3, 0.4) is 0 Å². The standard InChI is InChI=1S/3C8H16O2S2.2Bi/c3*9-8(10)4-2-1-3-7(12)5-6-11;;/h3*7,11-12H,1-6H2,(H,9,10);;/q;;;2*+3/p-6. The summed E-state index contributed by atoms with van der Waals surface area (Å²) in [7, 11) is 13.7. The molecule has 2 aliphatic rings. The van der Waals surface area contributed by atoms with E-state index < -0.39 is 52.6 Å². The molecule has 0 aromatic rings. The summed E-state index contributed by atoms with van der Waals surface area (Å²) in [5, 5.41) is 28.9. The Bertz CT molecular complexity index is 709. The van der Waals surface area contributed by atoms with Gasteiger partial charge in [0.05, 0.1) is 0 Å². The van der Waals surface area contributed by atoms with Crippen LogP contribution in [0.15, 0.2) is 0 Å². The Morgan fingerprint density at radius 2 is 1.21 bits per heavy atom. The second kappa shape index (κ2) is 22.8. The first-order valence-electron chi connectivity index (χ1n) is 13.5. The fraction of sp³-hybridized carbons (Fsp3) is 0.875. The van der Waals surface area contributed by atoms with Gasteiger partial charge in [0.15, 0.2) is 0 Å². The van der Waals surface area contributed by atoms with Crippen molar-refractivity contribution < 1.29 is 29.7 Å². The number of aliphatic carboxylic acids is 3. The molecule has 0 radical (unpaired) electrons. The summed E-state index contributed by atoms with van der Waals surface area (Å²) in [5.41, 5.74) is 0. The number of carboxylic acids is 3. The molecule has 3 atom stereocenters. The number of carbonyl (C=O) groups is 3. The monoisotopic (exact) mass is 1040 g/mol. The van der Waals surface area contributed by atoms with Crippen molar-refractivity contribution >= 4 is 104 Å². The van der Waals surface area contributed by atoms with E-state index in [0.29, 0.717) is 11.7 Å². The number of unbranched alkanes of at least 4 members (excludes halogenated alkanes) is 3. The number of hydrogen-bond donors (Lipinski definition) is 3. The van der Waals surface area contributed by atoms with Crippen LogP contribution in [0.25, 0.3) is 0 Å². The fourth-order valence-electron chi connectivity index (χ4n) is 4.02. The maximum absolute atomic E-state index is 11.0. The van der Waals surface area contributed by atoms with Crippen molar-refractivity contribution in [1.82, 2.24) is 0 Å². The third kappa shape index (κ3) is 18.7. The minimum atomic E-state index is -1.75. The average Bonchev–Trinajstić information content (AvgIpc) is 2.87. The fourth-order valence-corrected chi connectivity index (χ4v) is 78.4. The van der Waals surface area contributed by atoms with Crippen LogP contribution in [0.1, 0.15) is 96.3 Å². The van der Waals surface area contributed by atoms with Crippen LogP contribution in [0.2, 0.25) is 0 Å².